The van der Waals surface area contributed by atoms with Crippen LogP contribution in [0.5, 0.6) is 0 Å². The van der Waals surface area contributed by atoms with Crippen LogP contribution in [0.15, 0.2) is 0 Å². The molecule has 0 saturated carbocycles. The summed E-state index contributed by atoms with van der Waals surface area (Å²) in [5.74, 6) is 0. The van der Waals surface area contributed by atoms with Gasteiger partial charge in [0, 0.05) is 6.04 Å². The second-order valence-corrected chi connectivity index (χ2v) is 1.90. The average Bonchev–Trinajstić information content (AvgIpc) is 1.84. The number of nitrogens with two attached hydrogens (primary N) is 1. The van der Waals surface area contributed by atoms with Gasteiger partial charge in [0.15, 0.2) is 0 Å². The minimum absolute atomic E-state index is 0.367. The van der Waals surface area contributed by atoms with E-state index >= 15 is 0 Å². The number of halogens is 2. The molecule has 0 aromatic heterocycles. The van der Waals surface area contributed by atoms with E-state index in [0.717, 1.165) is 0 Å². The monoisotopic (exact) mass is 139 g/mol. The van der Waals surface area contributed by atoms with Crippen LogP contribution in [0, 0.1) is 0 Å². The predicted octanol–water partition coefficient (Wildman–Crippen LogP) is 0.350. The highest BCUT2D eigenvalue weighted by atomic mass is 19.3. The first-order valence-corrected chi connectivity index (χ1v) is 2.81. The number of alkyl halides is 2. The van der Waals surface area contributed by atoms with E-state index in [1.54, 1.807) is 6.92 Å². The van der Waals surface area contributed by atoms with Gasteiger partial charge in [-0.15, -0.1) is 0 Å². The van der Waals surface area contributed by atoms with Gasteiger partial charge in [-0.3, -0.25) is 0 Å². The molecule has 0 radical (unpaired) electrons. The zero-order valence-electron chi connectivity index (χ0n) is 5.22. The molecule has 0 aliphatic rings. The van der Waals surface area contributed by atoms with Crippen molar-refractivity contribution in [3.05, 3.63) is 0 Å². The molecule has 0 aromatic carbocycles. The Hall–Kier alpha value is -0.220. The van der Waals surface area contributed by atoms with Gasteiger partial charge in [0.2, 0.25) is 0 Å². The Morgan fingerprint density at radius 1 is 1.56 bits per heavy atom. The zero-order chi connectivity index (χ0) is 7.44. The van der Waals surface area contributed by atoms with E-state index in [-0.39, 0.29) is 0 Å². The summed E-state index contributed by atoms with van der Waals surface area (Å²) in [5.41, 5.74) is 5.09. The van der Waals surface area contributed by atoms with Crippen molar-refractivity contribution in [3.63, 3.8) is 0 Å². The van der Waals surface area contributed by atoms with Gasteiger partial charge in [0.05, 0.1) is 0 Å². The Morgan fingerprint density at radius 3 is 2.11 bits per heavy atom. The highest BCUT2D eigenvalue weighted by molar-refractivity contribution is 4.71. The van der Waals surface area contributed by atoms with Crippen LogP contribution < -0.4 is 5.73 Å². The lowest BCUT2D eigenvalue weighted by atomic mass is 10.1. The van der Waals surface area contributed by atoms with Crippen LogP contribution in [-0.4, -0.2) is 23.7 Å². The van der Waals surface area contributed by atoms with Crippen molar-refractivity contribution in [3.8, 4) is 0 Å². The molecule has 0 heterocycles. The third kappa shape index (κ3) is 2.72. The molecule has 0 spiro atoms. The molecular weight excluding hydrogens is 128 g/mol. The van der Waals surface area contributed by atoms with E-state index < -0.39 is 18.6 Å². The second-order valence-electron chi connectivity index (χ2n) is 1.90. The summed E-state index contributed by atoms with van der Waals surface area (Å²) in [6.07, 6.45) is -4.03. The van der Waals surface area contributed by atoms with Gasteiger partial charge in [-0.05, 0) is 6.42 Å². The van der Waals surface area contributed by atoms with Crippen molar-refractivity contribution < 1.29 is 13.9 Å². The lowest BCUT2D eigenvalue weighted by Gasteiger charge is -2.14. The van der Waals surface area contributed by atoms with Crippen LogP contribution in [0.3, 0.4) is 0 Å². The number of rotatable bonds is 3. The lowest BCUT2D eigenvalue weighted by Crippen LogP contribution is -2.38. The first-order valence-electron chi connectivity index (χ1n) is 2.81. The Labute approximate surface area is 52.7 Å². The van der Waals surface area contributed by atoms with Crippen molar-refractivity contribution in [2.45, 2.75) is 31.9 Å². The van der Waals surface area contributed by atoms with Gasteiger partial charge in [-0.25, -0.2) is 8.78 Å². The predicted molar refractivity (Wildman–Crippen MR) is 30.3 cm³/mol. The zero-order valence-corrected chi connectivity index (χ0v) is 5.22. The molecule has 0 bridgehead atoms. The summed E-state index contributed by atoms with van der Waals surface area (Å²) in [6, 6.07) is -0.801. The molecule has 0 amide bonds. The maximum Gasteiger partial charge on any atom is 0.265 e. The summed E-state index contributed by atoms with van der Waals surface area (Å²) in [7, 11) is 0. The molecule has 0 aliphatic heterocycles. The largest absolute Gasteiger partial charge is 0.386 e. The second kappa shape index (κ2) is 3.74. The van der Waals surface area contributed by atoms with Crippen LogP contribution in [0.25, 0.3) is 0 Å². The molecule has 9 heavy (non-hydrogen) atoms. The standard InChI is InChI=1S/C5H11F2NO/c1-2-3(8)4(9)5(6)7/h3-5,9H,2,8H2,1H3/t3-,4+/m1/s1. The quantitative estimate of drug-likeness (QED) is 0.592. The van der Waals surface area contributed by atoms with Gasteiger partial charge in [0.25, 0.3) is 6.43 Å². The van der Waals surface area contributed by atoms with E-state index in [1.165, 1.54) is 0 Å². The van der Waals surface area contributed by atoms with Gasteiger partial charge >= 0.3 is 0 Å². The lowest BCUT2D eigenvalue weighted by molar-refractivity contribution is -0.0191. The van der Waals surface area contributed by atoms with Crippen molar-refractivity contribution in [1.82, 2.24) is 0 Å². The molecule has 2 atom stereocenters. The Morgan fingerprint density at radius 2 is 2.00 bits per heavy atom. The van der Waals surface area contributed by atoms with Gasteiger partial charge in [-0.2, -0.15) is 0 Å². The van der Waals surface area contributed by atoms with Crippen molar-refractivity contribution in [2.24, 2.45) is 5.73 Å². The van der Waals surface area contributed by atoms with Crippen LogP contribution in [-0.2, 0) is 0 Å². The molecule has 4 heteroatoms. The summed E-state index contributed by atoms with van der Waals surface area (Å²) in [4.78, 5) is 0. The van der Waals surface area contributed by atoms with Gasteiger partial charge in [-0.1, -0.05) is 6.92 Å². The normalized spacial score (nSPS) is 18.0. The smallest absolute Gasteiger partial charge is 0.265 e. The fourth-order valence-electron chi connectivity index (χ4n) is 0.428. The van der Waals surface area contributed by atoms with Crippen LogP contribution in [0.2, 0.25) is 0 Å². The highest BCUT2D eigenvalue weighted by Crippen LogP contribution is 2.05. The van der Waals surface area contributed by atoms with Gasteiger partial charge < -0.3 is 10.8 Å². The molecular formula is C5H11F2NO. The SMILES string of the molecule is CC[C@@H](N)[C@H](O)C(F)F. The maximum atomic E-state index is 11.5. The van der Waals surface area contributed by atoms with Crippen LogP contribution >= 0.6 is 0 Å². The number of aliphatic hydroxyl groups is 1. The Kier molecular flexibility index (Phi) is 3.65. The van der Waals surface area contributed by atoms with Crippen molar-refractivity contribution in [2.75, 3.05) is 0 Å². The van der Waals surface area contributed by atoms with E-state index in [1.807, 2.05) is 0 Å². The molecule has 0 rings (SSSR count). The molecule has 56 valence electrons. The molecule has 3 N–H and O–H groups in total. The number of hydrogen-bond donors (Lipinski definition) is 2. The summed E-state index contributed by atoms with van der Waals surface area (Å²) >= 11 is 0. The number of aliphatic hydroxyl groups excluding tert-OH is 1. The van der Waals surface area contributed by atoms with E-state index in [9.17, 15) is 8.78 Å². The number of hydrogen-bond acceptors (Lipinski definition) is 2. The fourth-order valence-corrected chi connectivity index (χ4v) is 0.428. The topological polar surface area (TPSA) is 46.2 Å². The molecule has 2 nitrogen and oxygen atoms in total. The average molecular weight is 139 g/mol. The minimum Gasteiger partial charge on any atom is -0.386 e. The molecule has 0 aliphatic carbocycles. The Bertz CT molecular complexity index is 79.4. The van der Waals surface area contributed by atoms with Crippen LogP contribution in [0.1, 0.15) is 13.3 Å². The van der Waals surface area contributed by atoms with E-state index in [0.29, 0.717) is 6.42 Å². The fraction of sp³-hybridized carbons (Fsp3) is 1.00. The Balaban J connectivity index is 3.58. The molecule has 0 fully saturated rings. The van der Waals surface area contributed by atoms with Crippen LogP contribution in [0.4, 0.5) is 8.78 Å². The molecule has 0 aromatic rings. The first-order chi connectivity index (χ1) is 4.09. The summed E-state index contributed by atoms with van der Waals surface area (Å²) in [6.45, 7) is 1.65. The summed E-state index contributed by atoms with van der Waals surface area (Å²) < 4.78 is 23.1. The maximum absolute atomic E-state index is 11.5. The van der Waals surface area contributed by atoms with E-state index in [2.05, 4.69) is 0 Å². The van der Waals surface area contributed by atoms with Gasteiger partial charge in [0.1, 0.15) is 6.10 Å². The molecule has 0 saturated heterocycles. The minimum atomic E-state index is -2.72. The third-order valence-corrected chi connectivity index (χ3v) is 1.17. The van der Waals surface area contributed by atoms with Crippen molar-refractivity contribution >= 4 is 0 Å². The summed E-state index contributed by atoms with van der Waals surface area (Å²) in [5, 5.41) is 8.52. The van der Waals surface area contributed by atoms with Crippen molar-refractivity contribution in [1.29, 1.82) is 0 Å². The van der Waals surface area contributed by atoms with E-state index in [4.69, 9.17) is 10.8 Å². The molecule has 0 unspecified atom stereocenters. The first kappa shape index (κ1) is 8.78. The highest BCUT2D eigenvalue weighted by Gasteiger charge is 2.22. The third-order valence-electron chi connectivity index (χ3n) is 1.17.